The van der Waals surface area contributed by atoms with Gasteiger partial charge in [-0.2, -0.15) is 0 Å². The molecule has 0 heterocycles. The lowest BCUT2D eigenvalue weighted by atomic mass is 10.1. The zero-order chi connectivity index (χ0) is 13.5. The maximum atomic E-state index is 11.6. The van der Waals surface area contributed by atoms with E-state index in [1.165, 1.54) is 0 Å². The number of halogens is 2. The minimum absolute atomic E-state index is 0. The van der Waals surface area contributed by atoms with Crippen molar-refractivity contribution in [3.8, 4) is 5.75 Å². The highest BCUT2D eigenvalue weighted by Crippen LogP contribution is 2.24. The third-order valence-electron chi connectivity index (χ3n) is 2.62. The van der Waals surface area contributed by atoms with Crippen LogP contribution in [0, 0.1) is 0 Å². The second-order valence-corrected chi connectivity index (χ2v) is 4.49. The maximum absolute atomic E-state index is 11.6. The number of carbonyl (C=O) groups is 1. The number of hydrogen-bond acceptors (Lipinski definition) is 3. The first-order valence-electron chi connectivity index (χ1n) is 5.94. The van der Waals surface area contributed by atoms with E-state index in [1.54, 1.807) is 19.2 Å². The monoisotopic (exact) mass is 306 g/mol. The van der Waals surface area contributed by atoms with E-state index in [1.807, 2.05) is 13.0 Å². The van der Waals surface area contributed by atoms with Gasteiger partial charge in [-0.3, -0.25) is 4.79 Å². The van der Waals surface area contributed by atoms with Crippen molar-refractivity contribution in [1.29, 1.82) is 0 Å². The molecular weight excluding hydrogens is 287 g/mol. The Kier molecular flexibility index (Phi) is 8.56. The van der Waals surface area contributed by atoms with Gasteiger partial charge in [0.1, 0.15) is 5.75 Å². The molecule has 1 aromatic rings. The van der Waals surface area contributed by atoms with Crippen LogP contribution in [0.3, 0.4) is 0 Å². The molecule has 1 unspecified atom stereocenters. The molecule has 1 rings (SSSR count). The summed E-state index contributed by atoms with van der Waals surface area (Å²) in [5.74, 6) is 0.484. The Bertz CT molecular complexity index is 414. The molecule has 108 valence electrons. The number of ether oxygens (including phenoxy) is 1. The third-order valence-corrected chi connectivity index (χ3v) is 2.91. The fourth-order valence-electron chi connectivity index (χ4n) is 1.58. The summed E-state index contributed by atoms with van der Waals surface area (Å²) in [6, 6.07) is 4.96. The summed E-state index contributed by atoms with van der Waals surface area (Å²) in [5.41, 5.74) is 6.62. The van der Waals surface area contributed by atoms with Crippen LogP contribution in [0.1, 0.15) is 25.3 Å². The number of rotatable bonds is 6. The van der Waals surface area contributed by atoms with Gasteiger partial charge in [-0.05, 0) is 24.1 Å². The Labute approximate surface area is 125 Å². The Hall–Kier alpha value is -0.970. The molecule has 0 saturated heterocycles. The van der Waals surface area contributed by atoms with Crippen molar-refractivity contribution < 1.29 is 9.53 Å². The molecule has 4 nitrogen and oxygen atoms in total. The largest absolute Gasteiger partial charge is 0.495 e. The number of nitrogens with two attached hydrogens (primary N) is 1. The van der Waals surface area contributed by atoms with Crippen LogP contribution >= 0.6 is 24.0 Å². The lowest BCUT2D eigenvalue weighted by Crippen LogP contribution is -2.40. The fraction of sp³-hybridized carbons (Fsp3) is 0.462. The molecule has 1 aromatic carbocycles. The van der Waals surface area contributed by atoms with Crippen LogP contribution in [0.5, 0.6) is 5.75 Å². The molecule has 0 saturated carbocycles. The van der Waals surface area contributed by atoms with Crippen LogP contribution < -0.4 is 15.8 Å². The highest BCUT2D eigenvalue weighted by molar-refractivity contribution is 6.32. The van der Waals surface area contributed by atoms with Gasteiger partial charge in [0.25, 0.3) is 0 Å². The van der Waals surface area contributed by atoms with Crippen molar-refractivity contribution in [1.82, 2.24) is 5.32 Å². The summed E-state index contributed by atoms with van der Waals surface area (Å²) in [6.07, 6.45) is 1.58. The van der Waals surface area contributed by atoms with Crippen molar-refractivity contribution in [2.45, 2.75) is 32.4 Å². The van der Waals surface area contributed by atoms with Gasteiger partial charge >= 0.3 is 0 Å². The molecule has 6 heteroatoms. The number of hydrogen-bond donors (Lipinski definition) is 2. The van der Waals surface area contributed by atoms with Crippen LogP contribution in [0.25, 0.3) is 0 Å². The lowest BCUT2D eigenvalue weighted by molar-refractivity contribution is -0.122. The molecule has 0 aliphatic carbocycles. The maximum Gasteiger partial charge on any atom is 0.237 e. The van der Waals surface area contributed by atoms with Crippen LogP contribution in [0.15, 0.2) is 18.2 Å². The van der Waals surface area contributed by atoms with Gasteiger partial charge in [0, 0.05) is 6.54 Å². The molecular formula is C13H20Cl2N2O2. The summed E-state index contributed by atoms with van der Waals surface area (Å²) in [5, 5.41) is 3.31. The smallest absolute Gasteiger partial charge is 0.237 e. The molecule has 19 heavy (non-hydrogen) atoms. The Balaban J connectivity index is 0.00000324. The second-order valence-electron chi connectivity index (χ2n) is 4.08. The second kappa shape index (κ2) is 9.02. The van der Waals surface area contributed by atoms with E-state index < -0.39 is 6.04 Å². The van der Waals surface area contributed by atoms with Gasteiger partial charge in [0.05, 0.1) is 18.2 Å². The van der Waals surface area contributed by atoms with Gasteiger partial charge in [-0.1, -0.05) is 31.0 Å². The summed E-state index contributed by atoms with van der Waals surface area (Å²) >= 11 is 5.99. The topological polar surface area (TPSA) is 64.4 Å². The Morgan fingerprint density at radius 3 is 2.74 bits per heavy atom. The molecule has 1 atom stereocenters. The van der Waals surface area contributed by atoms with E-state index in [0.29, 0.717) is 23.7 Å². The Morgan fingerprint density at radius 2 is 2.21 bits per heavy atom. The number of carbonyl (C=O) groups excluding carboxylic acids is 1. The quantitative estimate of drug-likeness (QED) is 0.849. The van der Waals surface area contributed by atoms with Crippen molar-refractivity contribution >= 4 is 29.9 Å². The van der Waals surface area contributed by atoms with Gasteiger partial charge in [0.2, 0.25) is 5.91 Å². The first-order valence-corrected chi connectivity index (χ1v) is 6.32. The molecule has 0 fully saturated rings. The first-order chi connectivity index (χ1) is 8.58. The molecule has 0 radical (unpaired) electrons. The molecule has 1 amide bonds. The lowest BCUT2D eigenvalue weighted by Gasteiger charge is -2.12. The predicted octanol–water partition coefficient (Wildman–Crippen LogP) is 2.51. The summed E-state index contributed by atoms with van der Waals surface area (Å²) in [6.45, 7) is 2.41. The van der Waals surface area contributed by atoms with E-state index in [2.05, 4.69) is 5.32 Å². The molecule has 0 bridgehead atoms. The van der Waals surface area contributed by atoms with Gasteiger partial charge in [0.15, 0.2) is 0 Å². The fourth-order valence-corrected chi connectivity index (χ4v) is 1.86. The summed E-state index contributed by atoms with van der Waals surface area (Å²) < 4.78 is 5.06. The average molecular weight is 307 g/mol. The predicted molar refractivity (Wildman–Crippen MR) is 80.0 cm³/mol. The number of nitrogens with one attached hydrogen (secondary N) is 1. The molecule has 0 spiro atoms. The minimum Gasteiger partial charge on any atom is -0.495 e. The molecule has 0 aliphatic rings. The first kappa shape index (κ1) is 18.0. The van der Waals surface area contributed by atoms with Gasteiger partial charge in [-0.15, -0.1) is 12.4 Å². The van der Waals surface area contributed by atoms with Crippen molar-refractivity contribution in [2.24, 2.45) is 5.73 Å². The van der Waals surface area contributed by atoms with Crippen molar-refractivity contribution in [3.05, 3.63) is 28.8 Å². The normalized spacial score (nSPS) is 11.4. The molecule has 0 aliphatic heterocycles. The average Bonchev–Trinajstić information content (AvgIpc) is 2.36. The summed E-state index contributed by atoms with van der Waals surface area (Å²) in [7, 11) is 1.56. The third kappa shape index (κ3) is 5.68. The van der Waals surface area contributed by atoms with E-state index in [0.717, 1.165) is 12.0 Å². The highest BCUT2D eigenvalue weighted by atomic mass is 35.5. The Morgan fingerprint density at radius 1 is 1.53 bits per heavy atom. The standard InChI is InChI=1S/C13H19ClN2O2.ClH/c1-3-4-11(15)13(17)16-8-9-5-6-12(18-2)10(14)7-9;/h5-7,11H,3-4,8,15H2,1-2H3,(H,16,17);1H. The SMILES string of the molecule is CCCC(N)C(=O)NCc1ccc(OC)c(Cl)c1.Cl. The van der Waals surface area contributed by atoms with E-state index >= 15 is 0 Å². The minimum atomic E-state index is -0.441. The van der Waals surface area contributed by atoms with Crippen LogP contribution in [-0.2, 0) is 11.3 Å². The van der Waals surface area contributed by atoms with Crippen molar-refractivity contribution in [3.63, 3.8) is 0 Å². The molecule has 3 N–H and O–H groups in total. The van der Waals surface area contributed by atoms with Crippen LogP contribution in [0.2, 0.25) is 5.02 Å². The summed E-state index contributed by atoms with van der Waals surface area (Å²) in [4.78, 5) is 11.6. The van der Waals surface area contributed by atoms with Gasteiger partial charge in [-0.25, -0.2) is 0 Å². The van der Waals surface area contributed by atoms with Crippen LogP contribution in [-0.4, -0.2) is 19.1 Å². The molecule has 0 aromatic heterocycles. The number of amides is 1. The van der Waals surface area contributed by atoms with E-state index in [4.69, 9.17) is 22.1 Å². The highest BCUT2D eigenvalue weighted by Gasteiger charge is 2.11. The van der Waals surface area contributed by atoms with E-state index in [9.17, 15) is 4.79 Å². The number of methoxy groups -OCH3 is 1. The number of benzene rings is 1. The van der Waals surface area contributed by atoms with E-state index in [-0.39, 0.29) is 18.3 Å². The zero-order valence-corrected chi connectivity index (χ0v) is 12.7. The van der Waals surface area contributed by atoms with Gasteiger partial charge < -0.3 is 15.8 Å². The van der Waals surface area contributed by atoms with Crippen molar-refractivity contribution in [2.75, 3.05) is 7.11 Å². The van der Waals surface area contributed by atoms with Crippen LogP contribution in [0.4, 0.5) is 0 Å². The zero-order valence-electron chi connectivity index (χ0n) is 11.1.